The van der Waals surface area contributed by atoms with Gasteiger partial charge in [-0.1, -0.05) is 71.8 Å². The van der Waals surface area contributed by atoms with Gasteiger partial charge in [0.1, 0.15) is 0 Å². The Kier molecular flexibility index (Phi) is 6.98. The third-order valence-corrected chi connectivity index (χ3v) is 14.0. The zero-order valence-corrected chi connectivity index (χ0v) is 26.1. The molecule has 4 saturated carbocycles. The van der Waals surface area contributed by atoms with Gasteiger partial charge >= 0.3 is 0 Å². The minimum Gasteiger partial charge on any atom is -0.396 e. The van der Waals surface area contributed by atoms with Crippen LogP contribution in [0.5, 0.6) is 0 Å². The lowest BCUT2D eigenvalue weighted by molar-refractivity contribution is -0.219. The second-order valence-electron chi connectivity index (χ2n) is 16.7. The van der Waals surface area contributed by atoms with Crippen molar-refractivity contribution in [1.82, 2.24) is 0 Å². The van der Waals surface area contributed by atoms with Gasteiger partial charge in [-0.15, -0.1) is 0 Å². The van der Waals surface area contributed by atoms with Crippen LogP contribution in [0.1, 0.15) is 120 Å². The number of hydrogen-bond acceptors (Lipinski definition) is 3. The van der Waals surface area contributed by atoms with E-state index in [2.05, 4.69) is 74.5 Å². The first-order valence-electron chi connectivity index (χ1n) is 15.8. The van der Waals surface area contributed by atoms with E-state index in [-0.39, 0.29) is 45.2 Å². The number of aliphatic hydroxyl groups is 2. The van der Waals surface area contributed by atoms with E-state index in [0.717, 1.165) is 38.7 Å². The van der Waals surface area contributed by atoms with Gasteiger partial charge in [0.15, 0.2) is 0 Å². The molecule has 0 aromatic carbocycles. The summed E-state index contributed by atoms with van der Waals surface area (Å²) in [4.78, 5) is 0. The van der Waals surface area contributed by atoms with Crippen LogP contribution in [0.25, 0.3) is 0 Å². The predicted octanol–water partition coefficient (Wildman–Crippen LogP) is 8.10. The summed E-state index contributed by atoms with van der Waals surface area (Å²) in [6.45, 7) is 22.6. The van der Waals surface area contributed by atoms with Gasteiger partial charge in [0.25, 0.3) is 0 Å². The van der Waals surface area contributed by atoms with Crippen molar-refractivity contribution in [3.8, 4) is 0 Å². The summed E-state index contributed by atoms with van der Waals surface area (Å²) in [5, 5.41) is 21.5. The lowest BCUT2D eigenvalue weighted by Crippen LogP contribution is -2.66. The maximum absolute atomic E-state index is 11.0. The van der Waals surface area contributed by atoms with E-state index in [0.29, 0.717) is 23.9 Å². The molecular weight excluding hydrogens is 468 g/mol. The fraction of sp³-hybridized carbons (Fsp3) is 0.886. The molecule has 216 valence electrons. The molecular formula is C35H58O3. The van der Waals surface area contributed by atoms with Crippen LogP contribution in [0, 0.1) is 50.2 Å². The van der Waals surface area contributed by atoms with E-state index in [1.807, 2.05) is 0 Å². The minimum absolute atomic E-state index is 0.0971. The van der Waals surface area contributed by atoms with Gasteiger partial charge in [-0.05, 0) is 111 Å². The van der Waals surface area contributed by atoms with Crippen molar-refractivity contribution >= 4 is 0 Å². The van der Waals surface area contributed by atoms with E-state index in [1.165, 1.54) is 31.3 Å². The van der Waals surface area contributed by atoms with Gasteiger partial charge in [0.2, 0.25) is 0 Å². The molecule has 0 heterocycles. The molecule has 0 radical (unpaired) electrons. The van der Waals surface area contributed by atoms with Crippen LogP contribution in [-0.2, 0) is 4.74 Å². The van der Waals surface area contributed by atoms with Crippen molar-refractivity contribution in [2.24, 2.45) is 50.2 Å². The highest BCUT2D eigenvalue weighted by molar-refractivity contribution is 5.34. The van der Waals surface area contributed by atoms with Crippen molar-refractivity contribution in [3.05, 3.63) is 23.3 Å². The Bertz CT molecular complexity index is 991. The number of hydrogen-bond donors (Lipinski definition) is 2. The molecule has 3 heteroatoms. The Labute approximate surface area is 233 Å². The largest absolute Gasteiger partial charge is 0.396 e. The highest BCUT2D eigenvalue weighted by atomic mass is 16.5. The number of rotatable bonds is 4. The number of aliphatic hydroxyl groups excluding tert-OH is 2. The van der Waals surface area contributed by atoms with Crippen molar-refractivity contribution in [3.63, 3.8) is 0 Å². The molecule has 0 aromatic heterocycles. The van der Waals surface area contributed by atoms with Gasteiger partial charge in [-0.25, -0.2) is 0 Å². The van der Waals surface area contributed by atoms with Crippen LogP contribution in [0.3, 0.4) is 0 Å². The molecule has 5 aliphatic rings. The third-order valence-electron chi connectivity index (χ3n) is 14.0. The quantitative estimate of drug-likeness (QED) is 0.364. The SMILES string of the molecule is CC(C)=CCOC1CC(C)(C)C[C@H]2C3=CCC4[C@@]5(C)CC[C@H](O)[C@](C)(CO)C5CC[C@@]4(C)[C@]3(C)CC[C@@]12C. The third kappa shape index (κ3) is 3.91. The average Bonchev–Trinajstić information content (AvgIpc) is 2.83. The lowest BCUT2D eigenvalue weighted by atomic mass is 9.33. The van der Waals surface area contributed by atoms with Crippen LogP contribution in [0.4, 0.5) is 0 Å². The van der Waals surface area contributed by atoms with Crippen molar-refractivity contribution in [1.29, 1.82) is 0 Å². The molecule has 5 aliphatic carbocycles. The van der Waals surface area contributed by atoms with Crippen molar-refractivity contribution in [2.75, 3.05) is 13.2 Å². The van der Waals surface area contributed by atoms with Crippen LogP contribution in [-0.4, -0.2) is 35.6 Å². The summed E-state index contributed by atoms with van der Waals surface area (Å²) >= 11 is 0. The molecule has 2 N–H and O–H groups in total. The first kappa shape index (κ1) is 28.9. The van der Waals surface area contributed by atoms with Crippen LogP contribution >= 0.6 is 0 Å². The fourth-order valence-electron chi connectivity index (χ4n) is 11.3. The molecule has 3 unspecified atom stereocenters. The van der Waals surface area contributed by atoms with Gasteiger partial charge in [0.05, 0.1) is 25.4 Å². The van der Waals surface area contributed by atoms with E-state index in [4.69, 9.17) is 4.74 Å². The molecule has 0 amide bonds. The second-order valence-corrected chi connectivity index (χ2v) is 16.7. The summed E-state index contributed by atoms with van der Waals surface area (Å²) in [6, 6.07) is 0. The number of allylic oxidation sites excluding steroid dienone is 3. The second kappa shape index (κ2) is 9.18. The topological polar surface area (TPSA) is 49.7 Å². The average molecular weight is 527 g/mol. The summed E-state index contributed by atoms with van der Waals surface area (Å²) in [5.74, 6) is 1.57. The molecule has 5 rings (SSSR count). The molecule has 0 spiro atoms. The van der Waals surface area contributed by atoms with E-state index >= 15 is 0 Å². The predicted molar refractivity (Wildman–Crippen MR) is 157 cm³/mol. The standard InChI is InChI=1S/C35H58O3/c1-23(2)14-19-38-29-21-30(3,4)20-25-24-10-11-27-32(6)15-13-28(37)33(7,22-36)26(32)12-16-35(27,9)34(24,8)18-17-31(25,29)5/h10,14,25-29,36-37H,11-13,15-22H2,1-9H3/t25-,26?,27?,28-,29?,31+,32-,33+,34+,35+/m0/s1. The smallest absolute Gasteiger partial charge is 0.0653 e. The fourth-order valence-corrected chi connectivity index (χ4v) is 11.3. The first-order chi connectivity index (χ1) is 17.6. The van der Waals surface area contributed by atoms with Gasteiger partial charge in [-0.3, -0.25) is 0 Å². The van der Waals surface area contributed by atoms with Crippen molar-refractivity contribution < 1.29 is 14.9 Å². The monoisotopic (exact) mass is 526 g/mol. The van der Waals surface area contributed by atoms with Crippen molar-refractivity contribution in [2.45, 2.75) is 132 Å². The van der Waals surface area contributed by atoms with Gasteiger partial charge < -0.3 is 14.9 Å². The molecule has 4 fully saturated rings. The Morgan fingerprint density at radius 2 is 1.63 bits per heavy atom. The number of fused-ring (bicyclic) bond motifs is 7. The minimum atomic E-state index is -0.386. The summed E-state index contributed by atoms with van der Waals surface area (Å²) in [5.41, 5.74) is 3.82. The summed E-state index contributed by atoms with van der Waals surface area (Å²) in [7, 11) is 0. The highest BCUT2D eigenvalue weighted by Crippen LogP contribution is 2.75. The lowest BCUT2D eigenvalue weighted by Gasteiger charge is -2.71. The molecule has 0 aliphatic heterocycles. The molecule has 38 heavy (non-hydrogen) atoms. The molecule has 0 bridgehead atoms. The van der Waals surface area contributed by atoms with E-state index in [1.54, 1.807) is 5.57 Å². The molecule has 0 aromatic rings. The Hall–Kier alpha value is -0.640. The van der Waals surface area contributed by atoms with E-state index in [9.17, 15) is 10.2 Å². The Balaban J connectivity index is 1.53. The first-order valence-corrected chi connectivity index (χ1v) is 15.8. The summed E-state index contributed by atoms with van der Waals surface area (Å²) < 4.78 is 6.73. The zero-order chi connectivity index (χ0) is 27.9. The van der Waals surface area contributed by atoms with Crippen LogP contribution in [0.2, 0.25) is 0 Å². The molecule has 3 nitrogen and oxygen atoms in total. The van der Waals surface area contributed by atoms with E-state index < -0.39 is 0 Å². The van der Waals surface area contributed by atoms with Gasteiger partial charge in [-0.2, -0.15) is 0 Å². The molecule has 0 saturated heterocycles. The molecule has 10 atom stereocenters. The normalized spacial score (nSPS) is 51.6. The Morgan fingerprint density at radius 3 is 2.29 bits per heavy atom. The maximum atomic E-state index is 11.0. The zero-order valence-electron chi connectivity index (χ0n) is 26.1. The number of ether oxygens (including phenoxy) is 1. The van der Waals surface area contributed by atoms with Crippen LogP contribution in [0.15, 0.2) is 23.3 Å². The maximum Gasteiger partial charge on any atom is 0.0653 e. The Morgan fingerprint density at radius 1 is 0.921 bits per heavy atom. The highest BCUT2D eigenvalue weighted by Gasteiger charge is 2.69. The van der Waals surface area contributed by atoms with Crippen LogP contribution < -0.4 is 0 Å². The summed E-state index contributed by atoms with van der Waals surface area (Å²) in [6.07, 6.45) is 15.2. The van der Waals surface area contributed by atoms with Gasteiger partial charge in [0, 0.05) is 10.8 Å².